The molecule has 3 heterocycles. The summed E-state index contributed by atoms with van der Waals surface area (Å²) in [6.45, 7) is 0. The first-order chi connectivity index (χ1) is 26.2. The Morgan fingerprint density at radius 2 is 0.868 bits per heavy atom. The van der Waals surface area contributed by atoms with Crippen molar-refractivity contribution in [1.29, 1.82) is 0 Å². The van der Waals surface area contributed by atoms with Crippen LogP contribution in [0.3, 0.4) is 0 Å². The molecule has 11 aromatic rings. The molecule has 4 heteroatoms. The van der Waals surface area contributed by atoms with Gasteiger partial charge in [-0.05, 0) is 101 Å². The van der Waals surface area contributed by atoms with Crippen LogP contribution in [0.5, 0.6) is 0 Å². The van der Waals surface area contributed by atoms with Gasteiger partial charge in [0.05, 0.1) is 22.1 Å². The molecule has 0 aliphatic rings. The predicted octanol–water partition coefficient (Wildman–Crippen LogP) is 12.9. The molecule has 0 bridgehead atoms. The van der Waals surface area contributed by atoms with Crippen LogP contribution in [0.4, 0.5) is 0 Å². The van der Waals surface area contributed by atoms with Crippen LogP contribution in [0.15, 0.2) is 187 Å². The summed E-state index contributed by atoms with van der Waals surface area (Å²) in [5.74, 6) is 0. The summed E-state index contributed by atoms with van der Waals surface area (Å²) in [6.07, 6.45) is 0. The fraction of sp³-hybridized carbons (Fsp3) is 0. The van der Waals surface area contributed by atoms with Gasteiger partial charge in [-0.2, -0.15) is 0 Å². The Morgan fingerprint density at radius 3 is 1.51 bits per heavy atom. The molecule has 0 spiro atoms. The Labute approximate surface area is 308 Å². The third-order valence-electron chi connectivity index (χ3n) is 10.7. The van der Waals surface area contributed by atoms with Gasteiger partial charge in [0.25, 0.3) is 0 Å². The maximum absolute atomic E-state index is 14.5. The summed E-state index contributed by atoms with van der Waals surface area (Å²) in [5, 5.41) is 6.33. The molecule has 0 fully saturated rings. The topological polar surface area (TPSA) is 26.9 Å². The van der Waals surface area contributed by atoms with Crippen LogP contribution in [0.25, 0.3) is 97.4 Å². The third kappa shape index (κ3) is 4.56. The molecule has 0 radical (unpaired) electrons. The van der Waals surface area contributed by atoms with Crippen molar-refractivity contribution < 1.29 is 0 Å². The number of rotatable bonds is 4. The molecular weight excluding hydrogens is 665 g/mol. The van der Waals surface area contributed by atoms with Crippen LogP contribution in [0.1, 0.15) is 0 Å². The Morgan fingerprint density at radius 1 is 0.358 bits per heavy atom. The average molecular weight is 695 g/mol. The van der Waals surface area contributed by atoms with Gasteiger partial charge in [0, 0.05) is 53.1 Å². The van der Waals surface area contributed by atoms with Gasteiger partial charge in [-0.25, -0.2) is 0 Å². The summed E-state index contributed by atoms with van der Waals surface area (Å²) >= 11 is 1.69. The summed E-state index contributed by atoms with van der Waals surface area (Å²) in [6, 6.07) is 64.1. The van der Waals surface area contributed by atoms with E-state index in [9.17, 15) is 4.79 Å². The van der Waals surface area contributed by atoms with Crippen LogP contribution in [-0.2, 0) is 0 Å². The first-order valence-electron chi connectivity index (χ1n) is 17.9. The second-order valence-corrected chi connectivity index (χ2v) is 14.7. The molecule has 0 amide bonds. The Bertz CT molecular complexity index is 3300. The van der Waals surface area contributed by atoms with Crippen molar-refractivity contribution in [3.05, 3.63) is 192 Å². The van der Waals surface area contributed by atoms with Crippen molar-refractivity contribution in [3.8, 4) is 33.6 Å². The van der Waals surface area contributed by atoms with Crippen LogP contribution >= 0.6 is 11.3 Å². The quantitative estimate of drug-likeness (QED) is 0.169. The second kappa shape index (κ2) is 11.6. The van der Waals surface area contributed by atoms with Gasteiger partial charge in [-0.15, -0.1) is 11.3 Å². The number of benzene rings is 8. The van der Waals surface area contributed by atoms with Gasteiger partial charge in [0.2, 0.25) is 0 Å². The SMILES string of the molecule is O=c1c2ccc(-c3ccc4c(c3)c3ccccc3n4-c3ccccc3)cc2sc2cccc(-c3ccc4c(c3)c3ccccc3n4-c3ccccc3)c12. The van der Waals surface area contributed by atoms with Gasteiger partial charge < -0.3 is 9.13 Å². The maximum atomic E-state index is 14.5. The normalized spacial score (nSPS) is 11.8. The molecular formula is C49H30N2OS. The minimum Gasteiger partial charge on any atom is -0.309 e. The minimum absolute atomic E-state index is 0.0732. The molecule has 0 aliphatic heterocycles. The summed E-state index contributed by atoms with van der Waals surface area (Å²) in [4.78, 5) is 14.5. The number of fused-ring (bicyclic) bond motifs is 8. The summed E-state index contributed by atoms with van der Waals surface area (Å²) in [7, 11) is 0. The molecule has 11 rings (SSSR count). The molecule has 0 saturated carbocycles. The molecule has 3 aromatic heterocycles. The van der Waals surface area contributed by atoms with Crippen LogP contribution in [0.2, 0.25) is 0 Å². The van der Waals surface area contributed by atoms with E-state index in [1.54, 1.807) is 11.3 Å². The molecule has 0 aliphatic carbocycles. The number of aromatic nitrogens is 2. The lowest BCUT2D eigenvalue weighted by Gasteiger charge is -2.11. The number of nitrogens with zero attached hydrogens (tertiary/aromatic N) is 2. The summed E-state index contributed by atoms with van der Waals surface area (Å²) in [5.41, 5.74) is 11.3. The molecule has 3 nitrogen and oxygen atoms in total. The van der Waals surface area contributed by atoms with E-state index in [0.29, 0.717) is 0 Å². The van der Waals surface area contributed by atoms with Crippen molar-refractivity contribution in [2.75, 3.05) is 0 Å². The zero-order valence-corrected chi connectivity index (χ0v) is 29.3. The lowest BCUT2D eigenvalue weighted by atomic mass is 9.98. The first-order valence-corrected chi connectivity index (χ1v) is 18.7. The van der Waals surface area contributed by atoms with E-state index >= 15 is 0 Å². The number of hydrogen-bond acceptors (Lipinski definition) is 2. The Kier molecular flexibility index (Phi) is 6.57. The van der Waals surface area contributed by atoms with Crippen LogP contribution < -0.4 is 5.43 Å². The Balaban J connectivity index is 1.05. The molecule has 8 aromatic carbocycles. The fourth-order valence-electron chi connectivity index (χ4n) is 8.32. The highest BCUT2D eigenvalue weighted by atomic mass is 32.1. The van der Waals surface area contributed by atoms with Crippen molar-refractivity contribution in [2.45, 2.75) is 0 Å². The minimum atomic E-state index is 0.0732. The van der Waals surface area contributed by atoms with Crippen molar-refractivity contribution >= 4 is 75.1 Å². The van der Waals surface area contributed by atoms with E-state index in [4.69, 9.17) is 0 Å². The summed E-state index contributed by atoms with van der Waals surface area (Å²) < 4.78 is 6.64. The monoisotopic (exact) mass is 694 g/mol. The highest BCUT2D eigenvalue weighted by Crippen LogP contribution is 2.39. The largest absolute Gasteiger partial charge is 0.309 e. The number of hydrogen-bond donors (Lipinski definition) is 0. The lowest BCUT2D eigenvalue weighted by Crippen LogP contribution is -2.03. The lowest BCUT2D eigenvalue weighted by molar-refractivity contribution is 1.18. The molecule has 0 N–H and O–H groups in total. The third-order valence-corrected chi connectivity index (χ3v) is 11.8. The molecule has 0 atom stereocenters. The second-order valence-electron chi connectivity index (χ2n) is 13.7. The highest BCUT2D eigenvalue weighted by molar-refractivity contribution is 7.24. The van der Waals surface area contributed by atoms with E-state index in [1.807, 2.05) is 12.1 Å². The Hall–Kier alpha value is -6.75. The van der Waals surface area contributed by atoms with Crippen LogP contribution in [-0.4, -0.2) is 9.13 Å². The van der Waals surface area contributed by atoms with Gasteiger partial charge in [-0.3, -0.25) is 4.79 Å². The van der Waals surface area contributed by atoms with E-state index in [2.05, 4.69) is 179 Å². The zero-order chi connectivity index (χ0) is 35.0. The zero-order valence-electron chi connectivity index (χ0n) is 28.5. The van der Waals surface area contributed by atoms with Crippen molar-refractivity contribution in [1.82, 2.24) is 9.13 Å². The molecule has 53 heavy (non-hydrogen) atoms. The van der Waals surface area contributed by atoms with Crippen molar-refractivity contribution in [2.24, 2.45) is 0 Å². The fourth-order valence-corrected chi connectivity index (χ4v) is 9.47. The van der Waals surface area contributed by atoms with E-state index in [0.717, 1.165) is 59.3 Å². The van der Waals surface area contributed by atoms with Gasteiger partial charge in [0.15, 0.2) is 5.43 Å². The average Bonchev–Trinajstić information content (AvgIpc) is 3.73. The highest BCUT2D eigenvalue weighted by Gasteiger charge is 2.17. The van der Waals surface area contributed by atoms with E-state index in [1.165, 1.54) is 38.1 Å². The maximum Gasteiger partial charge on any atom is 0.196 e. The van der Waals surface area contributed by atoms with E-state index in [-0.39, 0.29) is 5.43 Å². The number of para-hydroxylation sites is 4. The molecule has 0 saturated heterocycles. The van der Waals surface area contributed by atoms with Gasteiger partial charge in [-0.1, -0.05) is 103 Å². The van der Waals surface area contributed by atoms with E-state index < -0.39 is 0 Å². The molecule has 248 valence electrons. The van der Waals surface area contributed by atoms with Crippen molar-refractivity contribution in [3.63, 3.8) is 0 Å². The van der Waals surface area contributed by atoms with Gasteiger partial charge >= 0.3 is 0 Å². The molecule has 0 unspecified atom stereocenters. The van der Waals surface area contributed by atoms with Gasteiger partial charge in [0.1, 0.15) is 0 Å². The first kappa shape index (κ1) is 29.9. The standard InChI is InChI=1S/C49H30N2OS/c52-49-39-25-22-32(31-23-26-44-40(28-31)37-16-7-9-19-42(37)50(44)34-12-3-1-4-13-34)30-47(39)53-46-21-11-18-36(48(46)49)33-24-27-45-41(29-33)38-17-8-10-20-43(38)51(45)35-14-5-2-6-15-35/h1-30H. The smallest absolute Gasteiger partial charge is 0.196 e. The van der Waals surface area contributed by atoms with Crippen LogP contribution in [0, 0.1) is 0 Å². The predicted molar refractivity (Wildman–Crippen MR) is 225 cm³/mol.